The third-order valence-corrected chi connectivity index (χ3v) is 5.78. The first-order valence-corrected chi connectivity index (χ1v) is 10.4. The van der Waals surface area contributed by atoms with Crippen LogP contribution in [-0.2, 0) is 4.79 Å². The number of hydrogen-bond acceptors (Lipinski definition) is 4. The van der Waals surface area contributed by atoms with Gasteiger partial charge in [-0.15, -0.1) is 0 Å². The SMILES string of the molecule is CC(=O)c1ccc(NC(=O)C(C)n2c(C)c3cnn(-c4ccccc4)c(=O)c3c2C)cc1. The number of para-hydroxylation sites is 1. The number of carbonyl (C=O) groups is 2. The van der Waals surface area contributed by atoms with Crippen molar-refractivity contribution in [3.8, 4) is 5.69 Å². The molecule has 1 unspecified atom stereocenters. The number of fused-ring (bicyclic) bond motifs is 1. The fourth-order valence-electron chi connectivity index (χ4n) is 4.07. The smallest absolute Gasteiger partial charge is 0.281 e. The molecule has 4 aromatic rings. The summed E-state index contributed by atoms with van der Waals surface area (Å²) in [7, 11) is 0. The van der Waals surface area contributed by atoms with Crippen molar-refractivity contribution in [1.29, 1.82) is 0 Å². The number of nitrogens with one attached hydrogen (secondary N) is 1. The van der Waals surface area contributed by atoms with Crippen LogP contribution in [0.25, 0.3) is 16.5 Å². The van der Waals surface area contributed by atoms with Gasteiger partial charge >= 0.3 is 0 Å². The molecule has 1 N–H and O–H groups in total. The van der Waals surface area contributed by atoms with Gasteiger partial charge in [0.15, 0.2) is 5.78 Å². The van der Waals surface area contributed by atoms with E-state index in [1.807, 2.05) is 48.7 Å². The minimum atomic E-state index is -0.556. The monoisotopic (exact) mass is 428 g/mol. The van der Waals surface area contributed by atoms with Crippen LogP contribution in [0.1, 0.15) is 41.6 Å². The Morgan fingerprint density at radius 3 is 2.25 bits per heavy atom. The third kappa shape index (κ3) is 3.62. The van der Waals surface area contributed by atoms with E-state index in [1.54, 1.807) is 37.4 Å². The predicted molar refractivity (Wildman–Crippen MR) is 125 cm³/mol. The number of nitrogens with zero attached hydrogens (tertiary/aromatic N) is 3. The van der Waals surface area contributed by atoms with E-state index < -0.39 is 6.04 Å². The van der Waals surface area contributed by atoms with Gasteiger partial charge in [-0.1, -0.05) is 18.2 Å². The minimum absolute atomic E-state index is 0.0312. The first kappa shape index (κ1) is 21.2. The van der Waals surface area contributed by atoms with Crippen LogP contribution >= 0.6 is 0 Å². The second-order valence-corrected chi connectivity index (χ2v) is 7.83. The summed E-state index contributed by atoms with van der Waals surface area (Å²) in [6.45, 7) is 7.02. The van der Waals surface area contributed by atoms with Crippen LogP contribution in [0.5, 0.6) is 0 Å². The van der Waals surface area contributed by atoms with Gasteiger partial charge in [0.05, 0.1) is 17.3 Å². The van der Waals surface area contributed by atoms with Crippen molar-refractivity contribution in [2.75, 3.05) is 5.32 Å². The molecule has 7 heteroatoms. The number of aromatic nitrogens is 3. The van der Waals surface area contributed by atoms with E-state index >= 15 is 0 Å². The maximum absolute atomic E-state index is 13.2. The number of amides is 1. The molecule has 0 bridgehead atoms. The van der Waals surface area contributed by atoms with Crippen molar-refractivity contribution in [2.45, 2.75) is 33.7 Å². The van der Waals surface area contributed by atoms with Crippen molar-refractivity contribution < 1.29 is 9.59 Å². The molecule has 0 aliphatic rings. The molecule has 7 nitrogen and oxygen atoms in total. The van der Waals surface area contributed by atoms with Gasteiger partial charge in [-0.2, -0.15) is 9.78 Å². The molecule has 1 atom stereocenters. The van der Waals surface area contributed by atoms with Gasteiger partial charge in [-0.25, -0.2) is 0 Å². The highest BCUT2D eigenvalue weighted by molar-refractivity contribution is 5.97. The first-order valence-electron chi connectivity index (χ1n) is 10.4. The zero-order chi connectivity index (χ0) is 23.0. The summed E-state index contributed by atoms with van der Waals surface area (Å²) in [5.41, 5.74) is 3.17. The molecule has 162 valence electrons. The lowest BCUT2D eigenvalue weighted by molar-refractivity contribution is -0.118. The number of ketones is 1. The molecule has 0 aliphatic carbocycles. The lowest BCUT2D eigenvalue weighted by atomic mass is 10.1. The molecule has 0 radical (unpaired) electrons. The van der Waals surface area contributed by atoms with E-state index in [-0.39, 0.29) is 17.2 Å². The lowest BCUT2D eigenvalue weighted by Crippen LogP contribution is -2.25. The van der Waals surface area contributed by atoms with E-state index in [0.29, 0.717) is 28.0 Å². The van der Waals surface area contributed by atoms with Crippen LogP contribution in [-0.4, -0.2) is 26.0 Å². The number of aryl methyl sites for hydroxylation is 2. The summed E-state index contributed by atoms with van der Waals surface area (Å²) in [5.74, 6) is -0.250. The number of hydrogen-bond donors (Lipinski definition) is 1. The molecule has 0 fully saturated rings. The number of anilines is 1. The van der Waals surface area contributed by atoms with Gasteiger partial charge < -0.3 is 9.88 Å². The van der Waals surface area contributed by atoms with Gasteiger partial charge in [-0.05, 0) is 64.1 Å². The topological polar surface area (TPSA) is 86.0 Å². The Hall–Kier alpha value is -4.00. The van der Waals surface area contributed by atoms with Gasteiger partial charge in [0.1, 0.15) is 6.04 Å². The van der Waals surface area contributed by atoms with Crippen molar-refractivity contribution >= 4 is 28.2 Å². The van der Waals surface area contributed by atoms with Gasteiger partial charge in [0.25, 0.3) is 5.56 Å². The van der Waals surface area contributed by atoms with Crippen molar-refractivity contribution in [2.24, 2.45) is 0 Å². The predicted octanol–water partition coefficient (Wildman–Crippen LogP) is 4.21. The largest absolute Gasteiger partial charge is 0.336 e. The zero-order valence-electron chi connectivity index (χ0n) is 18.4. The Morgan fingerprint density at radius 2 is 1.62 bits per heavy atom. The molecule has 2 aromatic carbocycles. The Balaban J connectivity index is 1.70. The summed E-state index contributed by atoms with van der Waals surface area (Å²) in [5, 5.41) is 8.51. The Kier molecular flexibility index (Phi) is 5.48. The van der Waals surface area contributed by atoms with Crippen molar-refractivity contribution in [1.82, 2.24) is 14.3 Å². The van der Waals surface area contributed by atoms with Crippen LogP contribution in [0.2, 0.25) is 0 Å². The molecule has 4 rings (SSSR count). The van der Waals surface area contributed by atoms with Crippen LogP contribution in [0.15, 0.2) is 65.6 Å². The van der Waals surface area contributed by atoms with E-state index in [9.17, 15) is 14.4 Å². The van der Waals surface area contributed by atoms with Crippen molar-refractivity contribution in [3.05, 3.63) is 88.1 Å². The van der Waals surface area contributed by atoms with Gasteiger partial charge in [-0.3, -0.25) is 14.4 Å². The third-order valence-electron chi connectivity index (χ3n) is 5.78. The highest BCUT2D eigenvalue weighted by Crippen LogP contribution is 2.27. The number of carbonyl (C=O) groups excluding carboxylic acids is 2. The fourth-order valence-corrected chi connectivity index (χ4v) is 4.07. The zero-order valence-corrected chi connectivity index (χ0v) is 18.4. The lowest BCUT2D eigenvalue weighted by Gasteiger charge is -2.18. The highest BCUT2D eigenvalue weighted by Gasteiger charge is 2.23. The van der Waals surface area contributed by atoms with E-state index in [0.717, 1.165) is 11.1 Å². The standard InChI is InChI=1S/C25H24N4O3/c1-15-22-14-26-29(21-8-6-5-7-9-21)25(32)23(22)16(2)28(15)17(3)24(31)27-20-12-10-19(11-13-20)18(4)30/h5-14,17H,1-4H3,(H,27,31). The maximum atomic E-state index is 13.2. The van der Waals surface area contributed by atoms with Crippen LogP contribution < -0.4 is 10.9 Å². The molecule has 0 saturated heterocycles. The Labute approximate surface area is 185 Å². The fraction of sp³-hybridized carbons (Fsp3) is 0.200. The normalized spacial score (nSPS) is 12.0. The maximum Gasteiger partial charge on any atom is 0.281 e. The average Bonchev–Trinajstić information content (AvgIpc) is 3.05. The quantitative estimate of drug-likeness (QED) is 0.483. The molecule has 0 saturated carbocycles. The van der Waals surface area contributed by atoms with Crippen molar-refractivity contribution in [3.63, 3.8) is 0 Å². The Bertz CT molecular complexity index is 1380. The summed E-state index contributed by atoms with van der Waals surface area (Å²) < 4.78 is 3.24. The van der Waals surface area contributed by atoms with Crippen LogP contribution in [0.3, 0.4) is 0 Å². The summed E-state index contributed by atoms with van der Waals surface area (Å²) in [6, 6.07) is 15.5. The minimum Gasteiger partial charge on any atom is -0.336 e. The summed E-state index contributed by atoms with van der Waals surface area (Å²) in [6.07, 6.45) is 1.67. The first-order chi connectivity index (χ1) is 15.3. The molecule has 32 heavy (non-hydrogen) atoms. The highest BCUT2D eigenvalue weighted by atomic mass is 16.2. The van der Waals surface area contributed by atoms with Gasteiger partial charge in [0, 0.05) is 28.0 Å². The second kappa shape index (κ2) is 8.26. The Morgan fingerprint density at radius 1 is 0.969 bits per heavy atom. The van der Waals surface area contributed by atoms with E-state index in [1.165, 1.54) is 11.6 Å². The summed E-state index contributed by atoms with van der Waals surface area (Å²) in [4.78, 5) is 37.7. The molecule has 2 heterocycles. The molecule has 2 aromatic heterocycles. The summed E-state index contributed by atoms with van der Waals surface area (Å²) >= 11 is 0. The molecule has 1 amide bonds. The number of benzene rings is 2. The number of Topliss-reactive ketones (excluding diaryl/α,β-unsaturated/α-hetero) is 1. The van der Waals surface area contributed by atoms with Crippen LogP contribution in [0.4, 0.5) is 5.69 Å². The molecule has 0 aliphatic heterocycles. The van der Waals surface area contributed by atoms with Crippen LogP contribution in [0, 0.1) is 13.8 Å². The molecule has 0 spiro atoms. The van der Waals surface area contributed by atoms with Gasteiger partial charge in [0.2, 0.25) is 5.91 Å². The average molecular weight is 428 g/mol. The van der Waals surface area contributed by atoms with E-state index in [4.69, 9.17) is 0 Å². The number of rotatable bonds is 5. The molecular formula is C25H24N4O3. The van der Waals surface area contributed by atoms with E-state index in [2.05, 4.69) is 10.4 Å². The second-order valence-electron chi connectivity index (χ2n) is 7.83. The molecular weight excluding hydrogens is 404 g/mol.